The van der Waals surface area contributed by atoms with Crippen molar-refractivity contribution >= 4 is 12.9 Å². The van der Waals surface area contributed by atoms with Crippen LogP contribution in [-0.2, 0) is 9.59 Å². The minimum absolute atomic E-state index is 0. The van der Waals surface area contributed by atoms with Gasteiger partial charge in [0.1, 0.15) is 6.33 Å². The van der Waals surface area contributed by atoms with Crippen molar-refractivity contribution in [2.75, 3.05) is 13.1 Å². The maximum Gasteiger partial charge on any atom is 0.290 e. The van der Waals surface area contributed by atoms with Crippen LogP contribution >= 0.6 is 0 Å². The van der Waals surface area contributed by atoms with E-state index < -0.39 is 0 Å². The molecule has 1 N–H and O–H groups in total. The molecule has 0 spiro atoms. The van der Waals surface area contributed by atoms with Gasteiger partial charge in [-0.05, 0) is 38.4 Å². The van der Waals surface area contributed by atoms with Gasteiger partial charge < -0.3 is 14.8 Å². The van der Waals surface area contributed by atoms with Gasteiger partial charge in [-0.1, -0.05) is 0 Å². The quantitative estimate of drug-likeness (QED) is 0.457. The molecular weight excluding hydrogens is 479 g/mol. The number of rotatable bonds is 1. The number of nitrogens with zero attached hydrogens (tertiary/aromatic N) is 3. The molecule has 1 aliphatic heterocycles. The summed E-state index contributed by atoms with van der Waals surface area (Å²) in [5.41, 5.74) is 1.10. The maximum atomic E-state index is 9.81. The Hall–Kier alpha value is -2.98. The van der Waals surface area contributed by atoms with Crippen molar-refractivity contribution in [3.8, 4) is 0 Å². The fourth-order valence-electron chi connectivity index (χ4n) is 1.18. The normalized spacial score (nSPS) is 11.9. The van der Waals surface area contributed by atoms with Crippen LogP contribution in [0.2, 0.25) is 0 Å². The van der Waals surface area contributed by atoms with Crippen LogP contribution in [0, 0.1) is 6.92 Å². The molecule has 1 saturated heterocycles. The van der Waals surface area contributed by atoms with Crippen molar-refractivity contribution < 1.29 is 14.7 Å². The Bertz CT molecular complexity index is 306. The summed E-state index contributed by atoms with van der Waals surface area (Å²) in [5, 5.41) is 6.89. The van der Waals surface area contributed by atoms with E-state index in [1.54, 1.807) is 17.3 Å². The smallest absolute Gasteiger partial charge is 0.290 e. The second-order valence-electron chi connectivity index (χ2n) is 3.31. The molecule has 7 heteroatoms. The number of amides is 1. The molecule has 106 valence electrons. The Kier molecular flexibility index (Phi) is 11.7. The van der Waals surface area contributed by atoms with Crippen LogP contribution in [0.5, 0.6) is 0 Å². The van der Waals surface area contributed by atoms with Crippen molar-refractivity contribution in [3.63, 3.8) is 0 Å². The number of carbonyl (C=O) groups is 1. The third-order valence-electron chi connectivity index (χ3n) is 1.92. The van der Waals surface area contributed by atoms with E-state index in [2.05, 4.69) is 9.97 Å². The first-order valence-corrected chi connectivity index (χ1v) is 5.16. The van der Waals surface area contributed by atoms with E-state index in [0.717, 1.165) is 31.5 Å². The number of carbonyl (C=O) groups excluding carboxylic acids is 1. The first kappa shape index (κ1) is 17.4. The minimum Gasteiger partial charge on any atom is -0.520 e. The van der Waals surface area contributed by atoms with Crippen LogP contribution in [0.15, 0.2) is 18.7 Å². The van der Waals surface area contributed by atoms with E-state index in [9.17, 15) is 4.79 Å². The van der Waals surface area contributed by atoms with E-state index in [0.29, 0.717) is 0 Å². The molecule has 0 aromatic carbocycles. The topological polar surface area (TPSA) is 83.4 Å². The van der Waals surface area contributed by atoms with Gasteiger partial charge in [0.15, 0.2) is 0 Å². The summed E-state index contributed by atoms with van der Waals surface area (Å²) in [6.45, 7) is 3.55. The minimum atomic E-state index is -0.250. The summed E-state index contributed by atoms with van der Waals surface area (Å²) >= 11 is 0. The molecule has 1 fully saturated rings. The van der Waals surface area contributed by atoms with Gasteiger partial charge in [0.25, 0.3) is 6.47 Å². The van der Waals surface area contributed by atoms with Gasteiger partial charge in [0.2, 0.25) is 0 Å². The van der Waals surface area contributed by atoms with Crippen molar-refractivity contribution in [1.29, 1.82) is 0 Å². The summed E-state index contributed by atoms with van der Waals surface area (Å²) in [6, 6.07) is 0. The molecule has 1 aromatic heterocycles. The molecule has 0 unspecified atom stereocenters. The predicted molar refractivity (Wildman–Crippen MR) is 62.0 cm³/mol. The standard InChI is InChI=1S/C5H6N2.C5H8NO.CH2O2.Fm/c1-5-2-6-4-7-3-5;7-5-6-3-1-2-4-6;2-1-3;/h2-4H,1H3;1-4H2;1H,(H,2,3);/q;-1;;. The summed E-state index contributed by atoms with van der Waals surface area (Å²) in [5.74, 6) is 0. The molecule has 1 aliphatic rings. The summed E-state index contributed by atoms with van der Waals surface area (Å²) < 4.78 is 0. The molecule has 2 heterocycles. The molecule has 1 aromatic rings. The van der Waals surface area contributed by atoms with E-state index in [1.807, 2.05) is 13.3 Å². The molecular formula is C11H16FmN3O3-. The van der Waals surface area contributed by atoms with Gasteiger partial charge in [0, 0.05) is 12.4 Å². The van der Waals surface area contributed by atoms with Crippen molar-refractivity contribution in [3.05, 3.63) is 24.3 Å². The SMILES string of the molecule is Cc1cncnc1.O=CO.O=[C-]N1CCCC1.[Fm]. The molecule has 2 rings (SSSR count). The van der Waals surface area contributed by atoms with Crippen LogP contribution in [0.3, 0.4) is 0 Å². The number of hydrogen-bond donors (Lipinski definition) is 1. The zero-order chi connectivity index (χ0) is 12.9. The molecule has 0 atom stereocenters. The molecule has 18 heavy (non-hydrogen) atoms. The Balaban J connectivity index is 0. The van der Waals surface area contributed by atoms with Gasteiger partial charge in [-0.15, -0.1) is 0 Å². The third-order valence-corrected chi connectivity index (χ3v) is 1.92. The van der Waals surface area contributed by atoms with Crippen LogP contribution in [0.4, 0.5) is 0 Å². The van der Waals surface area contributed by atoms with Gasteiger partial charge in [0.05, 0.1) is 0 Å². The molecule has 0 bridgehead atoms. The van der Waals surface area contributed by atoms with Gasteiger partial charge in [-0.3, -0.25) is 4.79 Å². The van der Waals surface area contributed by atoms with Gasteiger partial charge >= 0.3 is 0 Å². The van der Waals surface area contributed by atoms with Crippen molar-refractivity contribution in [2.45, 2.75) is 19.8 Å². The monoisotopic (exact) mass is 495 g/mol. The maximum absolute atomic E-state index is 9.81. The van der Waals surface area contributed by atoms with Crippen LogP contribution < -0.4 is 0 Å². The summed E-state index contributed by atoms with van der Waals surface area (Å²) in [4.78, 5) is 27.4. The first-order valence-electron chi connectivity index (χ1n) is 5.16. The largest absolute Gasteiger partial charge is 0.520 e. The van der Waals surface area contributed by atoms with Gasteiger partial charge in [-0.2, -0.15) is 6.41 Å². The van der Waals surface area contributed by atoms with Crippen LogP contribution in [-0.4, -0.2) is 45.9 Å². The molecule has 0 saturated carbocycles. The zero-order valence-electron chi connectivity index (χ0n) is 10.0. The molecule has 0 aliphatic carbocycles. The van der Waals surface area contributed by atoms with E-state index >= 15 is 0 Å². The molecule has 1 amide bonds. The van der Waals surface area contributed by atoms with Gasteiger partial charge in [-0.25, -0.2) is 9.97 Å². The summed E-state index contributed by atoms with van der Waals surface area (Å²) in [6.07, 6.45) is 9.23. The van der Waals surface area contributed by atoms with E-state index in [4.69, 9.17) is 9.90 Å². The van der Waals surface area contributed by atoms with Crippen molar-refractivity contribution in [1.82, 2.24) is 14.9 Å². The number of hydrogen-bond acceptors (Lipinski definition) is 4. The van der Waals surface area contributed by atoms with Crippen molar-refractivity contribution in [2.24, 2.45) is 0 Å². The molecule has 0 radical (unpaired) electrons. The number of carboxylic acid groups (broad SMARTS) is 1. The number of likely N-dealkylation sites (tertiary alicyclic amines) is 1. The Morgan fingerprint density at radius 1 is 1.33 bits per heavy atom. The Labute approximate surface area is 100 Å². The average Bonchev–Trinajstić information content (AvgIpc) is 2.85. The average molecular weight is 495 g/mol. The first-order chi connectivity index (χ1) is 8.24. The van der Waals surface area contributed by atoms with E-state index in [1.165, 1.54) is 6.33 Å². The number of aromatic nitrogens is 2. The predicted octanol–water partition coefficient (Wildman–Crippen LogP) is 0.635. The Morgan fingerprint density at radius 2 is 1.78 bits per heavy atom. The second-order valence-corrected chi connectivity index (χ2v) is 3.31. The zero-order valence-corrected chi connectivity index (χ0v) is 12.4. The van der Waals surface area contributed by atoms with E-state index in [-0.39, 0.29) is 6.47 Å². The Morgan fingerprint density at radius 3 is 2.00 bits per heavy atom. The number of aryl methyl sites for hydroxylation is 1. The third kappa shape index (κ3) is 9.57. The van der Waals surface area contributed by atoms with Crippen LogP contribution in [0.1, 0.15) is 18.4 Å². The fourth-order valence-corrected chi connectivity index (χ4v) is 1.18. The van der Waals surface area contributed by atoms with Crippen LogP contribution in [0.25, 0.3) is 0 Å². The fraction of sp³-hybridized carbons (Fsp3) is 0.455. The summed E-state index contributed by atoms with van der Waals surface area (Å²) in [7, 11) is 0. The second kappa shape index (κ2) is 12.1. The molecule has 6 nitrogen and oxygen atoms in total.